The van der Waals surface area contributed by atoms with Gasteiger partial charge in [-0.2, -0.15) is 0 Å². The molecule has 0 rings (SSSR count). The number of amides is 2. The van der Waals surface area contributed by atoms with Crippen LogP contribution in [-0.2, 0) is 14.3 Å². The van der Waals surface area contributed by atoms with Crippen LogP contribution in [0.2, 0.25) is 0 Å². The molecule has 0 radical (unpaired) electrons. The van der Waals surface area contributed by atoms with Crippen LogP contribution in [0.3, 0.4) is 0 Å². The minimum absolute atomic E-state index is 0.167. The third-order valence-electron chi connectivity index (χ3n) is 1.68. The fourth-order valence-electron chi connectivity index (χ4n) is 0.993. The van der Waals surface area contributed by atoms with E-state index in [1.54, 1.807) is 0 Å². The van der Waals surface area contributed by atoms with Gasteiger partial charge in [0.05, 0.1) is 19.3 Å². The number of aliphatic hydroxyl groups excluding tert-OH is 1. The smallest absolute Gasteiger partial charge is 0.222 e. The first kappa shape index (κ1) is 13.9. The molecule has 0 saturated carbocycles. The second-order valence-electron chi connectivity index (χ2n) is 3.14. The van der Waals surface area contributed by atoms with Gasteiger partial charge in [-0.3, -0.25) is 9.59 Å². The minimum Gasteiger partial charge on any atom is -0.394 e. The van der Waals surface area contributed by atoms with Gasteiger partial charge in [-0.15, -0.1) is 0 Å². The number of carbonyl (C=O) groups is 2. The summed E-state index contributed by atoms with van der Waals surface area (Å²) in [6, 6.07) is -0.389. The largest absolute Gasteiger partial charge is 0.394 e. The van der Waals surface area contributed by atoms with Gasteiger partial charge in [-0.25, -0.2) is 0 Å². The van der Waals surface area contributed by atoms with E-state index < -0.39 is 0 Å². The minimum atomic E-state index is -0.389. The molecule has 1 unspecified atom stereocenters. The highest BCUT2D eigenvalue weighted by Gasteiger charge is 2.10. The summed E-state index contributed by atoms with van der Waals surface area (Å²) in [5.74, 6) is -0.391. The molecular weight excluding hydrogens is 200 g/mol. The van der Waals surface area contributed by atoms with Crippen LogP contribution in [0.1, 0.15) is 13.3 Å². The number of hydrogen-bond acceptors (Lipinski definition) is 4. The second kappa shape index (κ2) is 8.19. The summed E-state index contributed by atoms with van der Waals surface area (Å²) in [5, 5.41) is 13.9. The van der Waals surface area contributed by atoms with E-state index in [0.717, 1.165) is 0 Å². The summed E-state index contributed by atoms with van der Waals surface area (Å²) >= 11 is 0. The molecular formula is C9H18N2O4. The van der Waals surface area contributed by atoms with Crippen LogP contribution in [0.25, 0.3) is 0 Å². The lowest BCUT2D eigenvalue weighted by molar-refractivity contribution is -0.122. The molecule has 2 amide bonds. The van der Waals surface area contributed by atoms with Crippen LogP contribution in [0.15, 0.2) is 0 Å². The van der Waals surface area contributed by atoms with Crippen molar-refractivity contribution in [3.63, 3.8) is 0 Å². The van der Waals surface area contributed by atoms with Crippen molar-refractivity contribution in [2.75, 3.05) is 26.9 Å². The summed E-state index contributed by atoms with van der Waals surface area (Å²) in [5.41, 5.74) is 0. The number of carbonyl (C=O) groups excluding carboxylic acids is 2. The Balaban J connectivity index is 3.66. The van der Waals surface area contributed by atoms with Crippen molar-refractivity contribution in [1.82, 2.24) is 10.6 Å². The fourth-order valence-corrected chi connectivity index (χ4v) is 0.993. The van der Waals surface area contributed by atoms with Crippen molar-refractivity contribution < 1.29 is 19.4 Å². The van der Waals surface area contributed by atoms with E-state index in [4.69, 9.17) is 9.84 Å². The monoisotopic (exact) mass is 218 g/mol. The van der Waals surface area contributed by atoms with Crippen LogP contribution >= 0.6 is 0 Å². The van der Waals surface area contributed by atoms with E-state index in [1.165, 1.54) is 14.0 Å². The van der Waals surface area contributed by atoms with Crippen LogP contribution in [0, 0.1) is 0 Å². The highest BCUT2D eigenvalue weighted by Crippen LogP contribution is 1.86. The fraction of sp³-hybridized carbons (Fsp3) is 0.778. The van der Waals surface area contributed by atoms with E-state index >= 15 is 0 Å². The zero-order valence-electron chi connectivity index (χ0n) is 9.08. The normalized spacial score (nSPS) is 11.9. The maximum absolute atomic E-state index is 11.2. The number of nitrogens with one attached hydrogen (secondary N) is 2. The topological polar surface area (TPSA) is 87.7 Å². The van der Waals surface area contributed by atoms with Crippen molar-refractivity contribution in [3.05, 3.63) is 0 Å². The predicted molar refractivity (Wildman–Crippen MR) is 54.2 cm³/mol. The van der Waals surface area contributed by atoms with Crippen molar-refractivity contribution in [2.45, 2.75) is 19.4 Å². The van der Waals surface area contributed by atoms with Gasteiger partial charge >= 0.3 is 0 Å². The summed E-state index contributed by atoms with van der Waals surface area (Å²) in [4.78, 5) is 21.7. The maximum Gasteiger partial charge on any atom is 0.222 e. The van der Waals surface area contributed by atoms with E-state index in [-0.39, 0.29) is 37.5 Å². The van der Waals surface area contributed by atoms with E-state index in [2.05, 4.69) is 10.6 Å². The summed E-state index contributed by atoms with van der Waals surface area (Å²) in [6.45, 7) is 1.79. The Labute approximate surface area is 89.0 Å². The molecule has 15 heavy (non-hydrogen) atoms. The molecule has 0 saturated heterocycles. The van der Waals surface area contributed by atoms with Crippen molar-refractivity contribution in [1.29, 1.82) is 0 Å². The Kier molecular flexibility index (Phi) is 7.57. The number of aliphatic hydroxyl groups is 1. The van der Waals surface area contributed by atoms with Gasteiger partial charge in [0.25, 0.3) is 0 Å². The number of hydrogen-bond donors (Lipinski definition) is 3. The van der Waals surface area contributed by atoms with Crippen LogP contribution in [-0.4, -0.2) is 49.8 Å². The molecule has 0 heterocycles. The zero-order chi connectivity index (χ0) is 11.7. The lowest BCUT2D eigenvalue weighted by Crippen LogP contribution is -2.41. The molecule has 6 nitrogen and oxygen atoms in total. The molecule has 0 aliphatic carbocycles. The Bertz CT molecular complexity index is 208. The van der Waals surface area contributed by atoms with Crippen LogP contribution in [0.5, 0.6) is 0 Å². The highest BCUT2D eigenvalue weighted by molar-refractivity contribution is 5.78. The SMILES string of the molecule is COCC(CO)NC(=O)CCNC(C)=O. The standard InChI is InChI=1S/C9H18N2O4/c1-7(13)10-4-3-9(14)11-8(5-12)6-15-2/h8,12H,3-6H2,1-2H3,(H,10,13)(H,11,14). The van der Waals surface area contributed by atoms with Crippen molar-refractivity contribution in [3.8, 4) is 0 Å². The molecule has 6 heteroatoms. The molecule has 0 aliphatic rings. The first-order valence-electron chi connectivity index (χ1n) is 4.73. The van der Waals surface area contributed by atoms with E-state index in [1.807, 2.05) is 0 Å². The molecule has 88 valence electrons. The van der Waals surface area contributed by atoms with Gasteiger partial charge in [0.15, 0.2) is 0 Å². The van der Waals surface area contributed by atoms with Gasteiger partial charge in [0.1, 0.15) is 0 Å². The Morgan fingerprint density at radius 3 is 2.60 bits per heavy atom. The first-order valence-corrected chi connectivity index (χ1v) is 4.73. The molecule has 3 N–H and O–H groups in total. The molecule has 1 atom stereocenters. The number of rotatable bonds is 7. The molecule has 0 spiro atoms. The van der Waals surface area contributed by atoms with Gasteiger partial charge < -0.3 is 20.5 Å². The third-order valence-corrected chi connectivity index (χ3v) is 1.68. The van der Waals surface area contributed by atoms with Crippen molar-refractivity contribution in [2.24, 2.45) is 0 Å². The zero-order valence-corrected chi connectivity index (χ0v) is 9.08. The van der Waals surface area contributed by atoms with E-state index in [9.17, 15) is 9.59 Å². The lowest BCUT2D eigenvalue weighted by atomic mass is 10.3. The Morgan fingerprint density at radius 1 is 1.47 bits per heavy atom. The van der Waals surface area contributed by atoms with Crippen LogP contribution in [0.4, 0.5) is 0 Å². The molecule has 0 bridgehead atoms. The van der Waals surface area contributed by atoms with E-state index in [0.29, 0.717) is 6.54 Å². The van der Waals surface area contributed by atoms with Gasteiger partial charge in [-0.1, -0.05) is 0 Å². The average molecular weight is 218 g/mol. The van der Waals surface area contributed by atoms with Crippen LogP contribution < -0.4 is 10.6 Å². The predicted octanol–water partition coefficient (Wildman–Crippen LogP) is -1.36. The van der Waals surface area contributed by atoms with Gasteiger partial charge in [0.2, 0.25) is 11.8 Å². The first-order chi connectivity index (χ1) is 7.10. The highest BCUT2D eigenvalue weighted by atomic mass is 16.5. The number of methoxy groups -OCH3 is 1. The Morgan fingerprint density at radius 2 is 2.13 bits per heavy atom. The number of ether oxygens (including phenoxy) is 1. The molecule has 0 aromatic heterocycles. The summed E-state index contributed by atoms with van der Waals surface area (Å²) in [6.07, 6.45) is 0.194. The molecule has 0 aliphatic heterocycles. The maximum atomic E-state index is 11.2. The van der Waals surface area contributed by atoms with Gasteiger partial charge in [-0.05, 0) is 0 Å². The summed E-state index contributed by atoms with van der Waals surface area (Å²) < 4.78 is 4.79. The second-order valence-corrected chi connectivity index (χ2v) is 3.14. The quantitative estimate of drug-likeness (QED) is 0.492. The Hall–Kier alpha value is -1.14. The third kappa shape index (κ3) is 7.90. The molecule has 0 aromatic rings. The van der Waals surface area contributed by atoms with Crippen molar-refractivity contribution >= 4 is 11.8 Å². The average Bonchev–Trinajstić information content (AvgIpc) is 2.16. The lowest BCUT2D eigenvalue weighted by Gasteiger charge is -2.14. The molecule has 0 fully saturated rings. The summed E-state index contributed by atoms with van der Waals surface area (Å²) in [7, 11) is 1.49. The van der Waals surface area contributed by atoms with Gasteiger partial charge in [0, 0.05) is 27.0 Å². The molecule has 0 aromatic carbocycles.